The van der Waals surface area contributed by atoms with Gasteiger partial charge in [0.15, 0.2) is 5.60 Å². The van der Waals surface area contributed by atoms with Gasteiger partial charge < -0.3 is 29.7 Å². The van der Waals surface area contributed by atoms with E-state index in [1.54, 1.807) is 6.07 Å². The first-order chi connectivity index (χ1) is 27.2. The number of anilines is 2. The van der Waals surface area contributed by atoms with Gasteiger partial charge in [0.05, 0.1) is 33.6 Å². The van der Waals surface area contributed by atoms with Gasteiger partial charge in [0.1, 0.15) is 0 Å². The number of fused-ring (bicyclic) bond motifs is 8. The van der Waals surface area contributed by atoms with Crippen LogP contribution >= 0.6 is 19.2 Å². The van der Waals surface area contributed by atoms with E-state index in [4.69, 9.17) is 26.6 Å². The van der Waals surface area contributed by atoms with Crippen LogP contribution < -0.4 is 20.8 Å². The second-order valence-corrected chi connectivity index (χ2v) is 21.2. The van der Waals surface area contributed by atoms with E-state index in [0.717, 1.165) is 72.2 Å². The molecule has 58 heavy (non-hydrogen) atoms. The average Bonchev–Trinajstić information content (AvgIpc) is 3.44. The van der Waals surface area contributed by atoms with Crippen LogP contribution in [0.25, 0.3) is 11.1 Å². The number of primary amides is 1. The number of nitrogens with two attached hydrogens (primary N) is 1. The summed E-state index contributed by atoms with van der Waals surface area (Å²) in [5.41, 5.74) is 17.4. The van der Waals surface area contributed by atoms with Crippen LogP contribution in [-0.2, 0) is 42.5 Å². The molecule has 3 aromatic rings. The molecule has 6 aliphatic rings. The van der Waals surface area contributed by atoms with Crippen molar-refractivity contribution in [3.05, 3.63) is 97.1 Å². The minimum atomic E-state index is -4.44. The number of rotatable bonds is 8. The average molecular weight is 824 g/mol. The Bertz CT molecular complexity index is 2370. The first kappa shape index (κ1) is 39.6. The van der Waals surface area contributed by atoms with Gasteiger partial charge in [-0.3, -0.25) is 9.36 Å². The molecule has 5 heterocycles. The van der Waals surface area contributed by atoms with Gasteiger partial charge in [0.25, 0.3) is 0 Å². The molecule has 0 saturated carbocycles. The Labute approximate surface area is 347 Å². The summed E-state index contributed by atoms with van der Waals surface area (Å²) in [6.07, 6.45) is 10.3. The molecule has 1 unspecified atom stereocenters. The number of hydrogen-bond donors (Lipinski definition) is 2. The van der Waals surface area contributed by atoms with Crippen molar-refractivity contribution in [2.45, 2.75) is 129 Å². The summed E-state index contributed by atoms with van der Waals surface area (Å²) >= 11 is 7.07. The minimum absolute atomic E-state index is 0.00356. The number of ether oxygens (including phenoxy) is 1. The number of benzene rings is 3. The fourth-order valence-corrected chi connectivity index (χ4v) is 13.2. The molecule has 0 fully saturated rings. The number of esters is 1. The van der Waals surface area contributed by atoms with E-state index < -0.39 is 24.6 Å². The lowest BCUT2D eigenvalue weighted by molar-refractivity contribution is -0.118. The lowest BCUT2D eigenvalue weighted by Crippen LogP contribution is -2.51. The zero-order chi connectivity index (χ0) is 41.5. The van der Waals surface area contributed by atoms with Crippen LogP contribution in [0.15, 0.2) is 36.4 Å². The molecular formula is C47H55ClN3O6P. The van der Waals surface area contributed by atoms with E-state index in [1.165, 1.54) is 39.7 Å². The first-order valence-electron chi connectivity index (χ1n) is 20.9. The number of nitrogens with zero attached hydrogens (tertiary/aromatic N) is 2. The molecule has 9 nitrogen and oxygen atoms in total. The van der Waals surface area contributed by atoms with Gasteiger partial charge in [-0.1, -0.05) is 44.0 Å². The third kappa shape index (κ3) is 5.52. The SMILES string of the molecule is CC1=CC(C)(C)N2CCCc3c2c1cc1c3C(C)(C)c2c(cc3c4c2CCCN4C(C)(C)C=C3C)C12OC(=O)c1c(Cl)cc(P(=O)(O)OCCCCCC(N)=O)cc12. The lowest BCUT2D eigenvalue weighted by Gasteiger charge is -2.54. The maximum Gasteiger partial charge on any atom is 0.358 e. The van der Waals surface area contributed by atoms with Crippen molar-refractivity contribution in [1.29, 1.82) is 0 Å². The summed E-state index contributed by atoms with van der Waals surface area (Å²) in [5, 5.41) is 0.0545. The Hall–Kier alpha value is -3.88. The van der Waals surface area contributed by atoms with E-state index in [1.807, 2.05) is 0 Å². The normalized spacial score (nSPS) is 21.8. The van der Waals surface area contributed by atoms with Crippen molar-refractivity contribution in [3.63, 3.8) is 0 Å². The number of carbonyl (C=O) groups excluding carboxylic acids is 2. The van der Waals surface area contributed by atoms with Gasteiger partial charge in [0.2, 0.25) is 5.91 Å². The van der Waals surface area contributed by atoms with Crippen molar-refractivity contribution in [2.75, 3.05) is 29.5 Å². The molecule has 0 radical (unpaired) electrons. The second-order valence-electron chi connectivity index (χ2n) is 19.0. The largest absolute Gasteiger partial charge is 0.441 e. The fourth-order valence-electron chi connectivity index (χ4n) is 11.7. The predicted octanol–water partition coefficient (Wildman–Crippen LogP) is 9.21. The molecule has 0 saturated heterocycles. The zero-order valence-corrected chi connectivity index (χ0v) is 36.7. The molecule has 11 heteroatoms. The third-order valence-corrected chi connectivity index (χ3v) is 15.7. The molecule has 1 amide bonds. The Morgan fingerprint density at radius 3 is 1.90 bits per heavy atom. The topological polar surface area (TPSA) is 122 Å². The number of halogens is 1. The molecule has 3 aromatic carbocycles. The highest BCUT2D eigenvalue weighted by atomic mass is 35.5. The van der Waals surface area contributed by atoms with Gasteiger partial charge in [0, 0.05) is 64.1 Å². The maximum atomic E-state index is 14.6. The standard InChI is InChI=1S/C47H55ClN3O6P/c1-26-24-44(3,4)50-17-12-14-29-39-34(22-31(26)41(29)50)47(35-23-32-27(2)25-45(5,6)51-18-13-15-30(42(32)51)40(35)46(39,7)8)33-20-28(21-36(48)38(33)43(53)57-47)58(54,55)56-19-11-9-10-16-37(49)52/h20-25H,9-19H2,1-8H3,(H2,49,52)(H,54,55). The summed E-state index contributed by atoms with van der Waals surface area (Å²) in [7, 11) is -4.44. The summed E-state index contributed by atoms with van der Waals surface area (Å²) < 4.78 is 26.9. The van der Waals surface area contributed by atoms with Crippen molar-refractivity contribution < 1.29 is 28.3 Å². The molecule has 5 aliphatic heterocycles. The van der Waals surface area contributed by atoms with E-state index in [0.29, 0.717) is 24.8 Å². The molecule has 9 rings (SSSR count). The van der Waals surface area contributed by atoms with Gasteiger partial charge in [-0.25, -0.2) is 4.79 Å². The summed E-state index contributed by atoms with van der Waals surface area (Å²) in [6, 6.07) is 7.55. The van der Waals surface area contributed by atoms with Crippen LogP contribution in [0.2, 0.25) is 5.02 Å². The van der Waals surface area contributed by atoms with E-state index in [-0.39, 0.29) is 45.9 Å². The first-order valence-corrected chi connectivity index (χ1v) is 22.9. The van der Waals surface area contributed by atoms with E-state index in [9.17, 15) is 19.0 Å². The number of hydrogen-bond acceptors (Lipinski definition) is 7. The van der Waals surface area contributed by atoms with Crippen molar-refractivity contribution in [3.8, 4) is 0 Å². The molecule has 306 valence electrons. The second kappa shape index (κ2) is 13.1. The fraction of sp³-hybridized carbons (Fsp3) is 0.489. The molecular weight excluding hydrogens is 769 g/mol. The highest BCUT2D eigenvalue weighted by molar-refractivity contribution is 7.61. The smallest absolute Gasteiger partial charge is 0.358 e. The zero-order valence-electron chi connectivity index (χ0n) is 35.0. The molecule has 0 bridgehead atoms. The summed E-state index contributed by atoms with van der Waals surface area (Å²) in [4.78, 5) is 42.5. The number of unbranched alkanes of at least 4 members (excludes halogenated alkanes) is 2. The molecule has 0 aromatic heterocycles. The summed E-state index contributed by atoms with van der Waals surface area (Å²) in [5.74, 6) is -0.940. The molecule has 1 spiro atoms. The number of carbonyl (C=O) groups is 2. The number of allylic oxidation sites excluding steroid dienone is 2. The van der Waals surface area contributed by atoms with Gasteiger partial charge in [-0.05, 0) is 138 Å². The van der Waals surface area contributed by atoms with E-state index >= 15 is 0 Å². The minimum Gasteiger partial charge on any atom is -0.441 e. The lowest BCUT2D eigenvalue weighted by atomic mass is 9.57. The maximum absolute atomic E-state index is 14.6. The highest BCUT2D eigenvalue weighted by Crippen LogP contribution is 2.64. The Morgan fingerprint density at radius 1 is 0.845 bits per heavy atom. The van der Waals surface area contributed by atoms with Crippen LogP contribution in [0.4, 0.5) is 11.4 Å². The third-order valence-electron chi connectivity index (χ3n) is 13.9. The summed E-state index contributed by atoms with van der Waals surface area (Å²) in [6.45, 7) is 20.1. The van der Waals surface area contributed by atoms with Gasteiger partial charge >= 0.3 is 13.6 Å². The van der Waals surface area contributed by atoms with Crippen LogP contribution in [0.5, 0.6) is 0 Å². The Kier molecular flexibility index (Phi) is 8.91. The van der Waals surface area contributed by atoms with Crippen LogP contribution in [-0.4, -0.2) is 47.5 Å². The van der Waals surface area contributed by atoms with Crippen LogP contribution in [0.1, 0.15) is 154 Å². The van der Waals surface area contributed by atoms with Gasteiger partial charge in [-0.15, -0.1) is 0 Å². The van der Waals surface area contributed by atoms with Crippen molar-refractivity contribution in [1.82, 2.24) is 0 Å². The Balaban J connectivity index is 1.34. The van der Waals surface area contributed by atoms with Crippen LogP contribution in [0.3, 0.4) is 0 Å². The van der Waals surface area contributed by atoms with Crippen molar-refractivity contribution in [2.24, 2.45) is 5.73 Å². The Morgan fingerprint density at radius 2 is 1.38 bits per heavy atom. The number of amides is 1. The monoisotopic (exact) mass is 823 g/mol. The molecule has 1 aliphatic carbocycles. The van der Waals surface area contributed by atoms with Crippen LogP contribution in [0, 0.1) is 0 Å². The predicted molar refractivity (Wildman–Crippen MR) is 232 cm³/mol. The highest BCUT2D eigenvalue weighted by Gasteiger charge is 2.60. The van der Waals surface area contributed by atoms with Gasteiger partial charge in [-0.2, -0.15) is 0 Å². The molecule has 1 atom stereocenters. The van der Waals surface area contributed by atoms with E-state index in [2.05, 4.69) is 89.5 Å². The molecule has 3 N–H and O–H groups in total. The van der Waals surface area contributed by atoms with Crippen molar-refractivity contribution >= 4 is 58.9 Å². The quantitative estimate of drug-likeness (QED) is 0.131.